The fourth-order valence-electron chi connectivity index (χ4n) is 1.77. The average molecular weight is 345 g/mol. The largest absolute Gasteiger partial charge is 0.284 e. The van der Waals surface area contributed by atoms with E-state index in [0.717, 1.165) is 20.3 Å². The highest BCUT2D eigenvalue weighted by atomic mass is 32.2. The molecule has 0 fully saturated rings. The lowest BCUT2D eigenvalue weighted by Crippen LogP contribution is -2.15. The molecular weight excluding hydrogens is 324 g/mol. The molecule has 0 atom stereocenters. The van der Waals surface area contributed by atoms with Crippen molar-refractivity contribution in [2.24, 2.45) is 5.92 Å². The molecule has 4 nitrogen and oxygen atoms in total. The first kappa shape index (κ1) is 16.6. The maximum atomic E-state index is 11.8. The molecule has 1 aromatic carbocycles. The standard InChI is InChI=1S/C14H20N2O2S3/c1-4-7-21(17,18)16-11-5-6-12-13(8-11)20-14(15-12)19-9-10(2)3/h5-6,8,10,16H,4,7,9H2,1-3H3. The Labute approximate surface area is 134 Å². The Morgan fingerprint density at radius 3 is 2.81 bits per heavy atom. The van der Waals surface area contributed by atoms with Gasteiger partial charge in [-0.05, 0) is 30.5 Å². The molecule has 0 saturated carbocycles. The zero-order chi connectivity index (χ0) is 15.5. The van der Waals surface area contributed by atoms with E-state index >= 15 is 0 Å². The number of fused-ring (bicyclic) bond motifs is 1. The number of sulfonamides is 1. The monoisotopic (exact) mass is 344 g/mol. The van der Waals surface area contributed by atoms with E-state index in [-0.39, 0.29) is 5.75 Å². The molecule has 1 aromatic heterocycles. The maximum absolute atomic E-state index is 11.8. The van der Waals surface area contributed by atoms with Crippen molar-refractivity contribution in [1.82, 2.24) is 4.98 Å². The van der Waals surface area contributed by atoms with Crippen LogP contribution in [0.25, 0.3) is 10.2 Å². The van der Waals surface area contributed by atoms with Crippen molar-refractivity contribution in [2.75, 3.05) is 16.2 Å². The molecule has 2 rings (SSSR count). The second-order valence-corrected chi connectivity index (χ2v) is 9.43. The van der Waals surface area contributed by atoms with Crippen LogP contribution in [0.2, 0.25) is 0 Å². The maximum Gasteiger partial charge on any atom is 0.232 e. The molecule has 7 heteroatoms. The number of hydrogen-bond acceptors (Lipinski definition) is 5. The zero-order valence-corrected chi connectivity index (χ0v) is 14.9. The van der Waals surface area contributed by atoms with Crippen LogP contribution in [0.1, 0.15) is 27.2 Å². The number of thiazole rings is 1. The number of anilines is 1. The minimum atomic E-state index is -3.24. The highest BCUT2D eigenvalue weighted by Crippen LogP contribution is 2.32. The third-order valence-corrected chi connectivity index (χ3v) is 6.74. The topological polar surface area (TPSA) is 59.1 Å². The third kappa shape index (κ3) is 4.86. The summed E-state index contributed by atoms with van der Waals surface area (Å²) < 4.78 is 28.2. The fraction of sp³-hybridized carbons (Fsp3) is 0.500. The van der Waals surface area contributed by atoms with E-state index in [1.54, 1.807) is 29.2 Å². The van der Waals surface area contributed by atoms with Gasteiger partial charge in [-0.25, -0.2) is 13.4 Å². The molecule has 1 N–H and O–H groups in total. The summed E-state index contributed by atoms with van der Waals surface area (Å²) in [5.74, 6) is 1.80. The summed E-state index contributed by atoms with van der Waals surface area (Å²) in [6.45, 7) is 6.21. The third-order valence-electron chi connectivity index (χ3n) is 2.66. The number of thioether (sulfide) groups is 1. The van der Waals surface area contributed by atoms with Crippen molar-refractivity contribution in [3.63, 3.8) is 0 Å². The van der Waals surface area contributed by atoms with Crippen molar-refractivity contribution in [1.29, 1.82) is 0 Å². The van der Waals surface area contributed by atoms with Gasteiger partial charge in [-0.2, -0.15) is 0 Å². The van der Waals surface area contributed by atoms with Crippen LogP contribution in [0.5, 0.6) is 0 Å². The van der Waals surface area contributed by atoms with Gasteiger partial charge in [-0.1, -0.05) is 32.5 Å². The predicted octanol–water partition coefficient (Wildman–Crippen LogP) is 4.20. The summed E-state index contributed by atoms with van der Waals surface area (Å²) in [5, 5.41) is 0. The second kappa shape index (κ2) is 6.98. The summed E-state index contributed by atoms with van der Waals surface area (Å²) in [7, 11) is -3.24. The van der Waals surface area contributed by atoms with E-state index in [1.165, 1.54) is 0 Å². The van der Waals surface area contributed by atoms with E-state index in [9.17, 15) is 8.42 Å². The van der Waals surface area contributed by atoms with Crippen LogP contribution in [0.4, 0.5) is 5.69 Å². The van der Waals surface area contributed by atoms with Gasteiger partial charge in [0.05, 0.1) is 21.7 Å². The summed E-state index contributed by atoms with van der Waals surface area (Å²) in [4.78, 5) is 4.56. The molecule has 2 aromatic rings. The Morgan fingerprint density at radius 1 is 1.38 bits per heavy atom. The quantitative estimate of drug-likeness (QED) is 0.765. The average Bonchev–Trinajstić information content (AvgIpc) is 2.77. The Morgan fingerprint density at radius 2 is 2.14 bits per heavy atom. The number of hydrogen-bond donors (Lipinski definition) is 1. The first-order valence-corrected chi connectivity index (χ1v) is 10.4. The molecule has 1 heterocycles. The minimum Gasteiger partial charge on any atom is -0.284 e. The van der Waals surface area contributed by atoms with Crippen LogP contribution in [-0.2, 0) is 10.0 Å². The minimum absolute atomic E-state index is 0.142. The lowest BCUT2D eigenvalue weighted by molar-refractivity contribution is 0.600. The van der Waals surface area contributed by atoms with Crippen molar-refractivity contribution in [3.8, 4) is 0 Å². The highest BCUT2D eigenvalue weighted by molar-refractivity contribution is 8.01. The van der Waals surface area contributed by atoms with Crippen molar-refractivity contribution >= 4 is 49.0 Å². The molecule has 0 amide bonds. The molecular formula is C14H20N2O2S3. The van der Waals surface area contributed by atoms with E-state index in [0.29, 0.717) is 18.0 Å². The van der Waals surface area contributed by atoms with Crippen LogP contribution < -0.4 is 4.72 Å². The van der Waals surface area contributed by atoms with Gasteiger partial charge >= 0.3 is 0 Å². The summed E-state index contributed by atoms with van der Waals surface area (Å²) in [6.07, 6.45) is 0.605. The number of aromatic nitrogens is 1. The molecule has 0 bridgehead atoms. The summed E-state index contributed by atoms with van der Waals surface area (Å²) in [5.41, 5.74) is 1.53. The Kier molecular flexibility index (Phi) is 5.51. The van der Waals surface area contributed by atoms with E-state index in [1.807, 2.05) is 19.1 Å². The first-order valence-electron chi connectivity index (χ1n) is 6.93. The molecule has 0 aliphatic rings. The van der Waals surface area contributed by atoms with Gasteiger partial charge in [0, 0.05) is 5.75 Å². The molecule has 0 saturated heterocycles. The SMILES string of the molecule is CCCS(=O)(=O)Nc1ccc2nc(SCC(C)C)sc2c1. The first-order chi connectivity index (χ1) is 9.89. The Hall–Kier alpha value is -0.790. The number of benzene rings is 1. The van der Waals surface area contributed by atoms with Crippen LogP contribution in [0.15, 0.2) is 22.5 Å². The molecule has 0 aliphatic carbocycles. The molecule has 21 heavy (non-hydrogen) atoms. The molecule has 0 unspecified atom stereocenters. The van der Waals surface area contributed by atoms with Gasteiger partial charge in [0.1, 0.15) is 0 Å². The Balaban J connectivity index is 2.18. The highest BCUT2D eigenvalue weighted by Gasteiger charge is 2.11. The summed E-state index contributed by atoms with van der Waals surface area (Å²) in [6, 6.07) is 5.50. The van der Waals surface area contributed by atoms with E-state index < -0.39 is 10.0 Å². The molecule has 116 valence electrons. The lowest BCUT2D eigenvalue weighted by Gasteiger charge is -2.06. The van der Waals surface area contributed by atoms with Gasteiger partial charge < -0.3 is 0 Å². The molecule has 0 radical (unpaired) electrons. The van der Waals surface area contributed by atoms with Crippen molar-refractivity contribution in [2.45, 2.75) is 31.5 Å². The molecule has 0 aliphatic heterocycles. The van der Waals surface area contributed by atoms with Crippen LogP contribution >= 0.6 is 23.1 Å². The van der Waals surface area contributed by atoms with Crippen molar-refractivity contribution < 1.29 is 8.42 Å². The zero-order valence-electron chi connectivity index (χ0n) is 12.4. The predicted molar refractivity (Wildman–Crippen MR) is 92.9 cm³/mol. The van der Waals surface area contributed by atoms with Gasteiger partial charge in [0.25, 0.3) is 0 Å². The van der Waals surface area contributed by atoms with Gasteiger partial charge in [-0.3, -0.25) is 4.72 Å². The smallest absolute Gasteiger partial charge is 0.232 e. The summed E-state index contributed by atoms with van der Waals surface area (Å²) >= 11 is 3.36. The van der Waals surface area contributed by atoms with E-state index in [4.69, 9.17) is 0 Å². The number of nitrogens with one attached hydrogen (secondary N) is 1. The van der Waals surface area contributed by atoms with Crippen LogP contribution in [0, 0.1) is 5.92 Å². The Bertz CT molecular complexity index is 708. The lowest BCUT2D eigenvalue weighted by atomic mass is 10.3. The molecule has 0 spiro atoms. The fourth-order valence-corrected chi connectivity index (χ4v) is 4.98. The van der Waals surface area contributed by atoms with Crippen LogP contribution in [-0.4, -0.2) is 24.9 Å². The number of rotatable bonds is 7. The van der Waals surface area contributed by atoms with E-state index in [2.05, 4.69) is 23.6 Å². The number of nitrogens with zero attached hydrogens (tertiary/aromatic N) is 1. The normalized spacial score (nSPS) is 12.2. The van der Waals surface area contributed by atoms with Crippen LogP contribution in [0.3, 0.4) is 0 Å². The van der Waals surface area contributed by atoms with Gasteiger partial charge in [0.15, 0.2) is 4.34 Å². The second-order valence-electron chi connectivity index (χ2n) is 5.29. The van der Waals surface area contributed by atoms with Gasteiger partial charge in [0.2, 0.25) is 10.0 Å². The van der Waals surface area contributed by atoms with Gasteiger partial charge in [-0.15, -0.1) is 11.3 Å². The van der Waals surface area contributed by atoms with Crippen molar-refractivity contribution in [3.05, 3.63) is 18.2 Å².